The highest BCUT2D eigenvalue weighted by atomic mass is 16.6. The molecule has 2 aliphatic heterocycles. The second-order valence-corrected chi connectivity index (χ2v) is 9.12. The summed E-state index contributed by atoms with van der Waals surface area (Å²) in [7, 11) is 0. The van der Waals surface area contributed by atoms with Crippen molar-refractivity contribution >= 4 is 5.97 Å². The van der Waals surface area contributed by atoms with Gasteiger partial charge >= 0.3 is 5.97 Å². The summed E-state index contributed by atoms with van der Waals surface area (Å²) >= 11 is 0. The molecule has 1 N–H and O–H groups in total. The van der Waals surface area contributed by atoms with Crippen LogP contribution in [-0.2, 0) is 27.2 Å². The Hall–Kier alpha value is -2.21. The van der Waals surface area contributed by atoms with E-state index in [9.17, 15) is 4.79 Å². The SMILES string of the molecule is O=C1OC2(CCCCC2)NC1Cc1ccc(-c2ccccc2CN2CCOCC2)cc1. The van der Waals surface area contributed by atoms with Crippen LogP contribution in [0.4, 0.5) is 0 Å². The Labute approximate surface area is 184 Å². The minimum absolute atomic E-state index is 0.0955. The smallest absolute Gasteiger partial charge is 0.325 e. The van der Waals surface area contributed by atoms with Crippen LogP contribution in [0, 0.1) is 0 Å². The molecule has 2 aromatic carbocycles. The van der Waals surface area contributed by atoms with E-state index >= 15 is 0 Å². The standard InChI is InChI=1S/C26H32N2O3/c29-25-24(27-26(31-25)12-4-1-5-13-26)18-20-8-10-21(11-9-20)23-7-3-2-6-22(23)19-28-14-16-30-17-15-28/h2-3,6-11,24,27H,1,4-5,12-19H2. The molecule has 5 nitrogen and oxygen atoms in total. The fraction of sp³-hybridized carbons (Fsp3) is 0.500. The maximum absolute atomic E-state index is 12.5. The Morgan fingerprint density at radius 1 is 0.968 bits per heavy atom. The largest absolute Gasteiger partial charge is 0.443 e. The zero-order chi connectivity index (χ0) is 21.1. The van der Waals surface area contributed by atoms with Crippen molar-refractivity contribution in [3.63, 3.8) is 0 Å². The van der Waals surface area contributed by atoms with Crippen LogP contribution in [0.25, 0.3) is 11.1 Å². The van der Waals surface area contributed by atoms with Crippen LogP contribution >= 0.6 is 0 Å². The number of hydrogen-bond acceptors (Lipinski definition) is 5. The number of nitrogens with one attached hydrogen (secondary N) is 1. The molecular formula is C26H32N2O3. The molecular weight excluding hydrogens is 388 g/mol. The Morgan fingerprint density at radius 2 is 1.71 bits per heavy atom. The van der Waals surface area contributed by atoms with Crippen LogP contribution in [0.2, 0.25) is 0 Å². The molecule has 164 valence electrons. The van der Waals surface area contributed by atoms with E-state index in [0.717, 1.165) is 64.1 Å². The Kier molecular flexibility index (Phi) is 6.08. The third-order valence-corrected chi connectivity index (χ3v) is 6.90. The fourth-order valence-electron chi connectivity index (χ4n) is 5.17. The average Bonchev–Trinajstić information content (AvgIpc) is 3.10. The van der Waals surface area contributed by atoms with Crippen molar-refractivity contribution in [1.82, 2.24) is 10.2 Å². The minimum atomic E-state index is -0.404. The van der Waals surface area contributed by atoms with Crippen molar-refractivity contribution in [3.8, 4) is 11.1 Å². The number of rotatable bonds is 5. The van der Waals surface area contributed by atoms with E-state index in [0.29, 0.717) is 6.42 Å². The fourth-order valence-corrected chi connectivity index (χ4v) is 5.17. The van der Waals surface area contributed by atoms with Gasteiger partial charge in [-0.1, -0.05) is 55.0 Å². The number of esters is 1. The van der Waals surface area contributed by atoms with Crippen LogP contribution in [-0.4, -0.2) is 48.9 Å². The second kappa shape index (κ2) is 9.11. The lowest BCUT2D eigenvalue weighted by Crippen LogP contribution is -2.46. The highest BCUT2D eigenvalue weighted by Gasteiger charge is 2.46. The zero-order valence-corrected chi connectivity index (χ0v) is 18.1. The molecule has 3 aliphatic rings. The van der Waals surface area contributed by atoms with Gasteiger partial charge in [0.05, 0.1) is 13.2 Å². The molecule has 31 heavy (non-hydrogen) atoms. The highest BCUT2D eigenvalue weighted by molar-refractivity contribution is 5.79. The maximum atomic E-state index is 12.5. The first-order valence-electron chi connectivity index (χ1n) is 11.7. The number of hydrogen-bond donors (Lipinski definition) is 1. The second-order valence-electron chi connectivity index (χ2n) is 9.12. The van der Waals surface area contributed by atoms with E-state index in [1.165, 1.54) is 23.1 Å². The first kappa shape index (κ1) is 20.7. The minimum Gasteiger partial charge on any atom is -0.443 e. The summed E-state index contributed by atoms with van der Waals surface area (Å²) in [6, 6.07) is 17.1. The molecule has 1 spiro atoms. The van der Waals surface area contributed by atoms with Gasteiger partial charge in [0.1, 0.15) is 6.04 Å². The summed E-state index contributed by atoms with van der Waals surface area (Å²) in [5.41, 5.74) is 4.60. The van der Waals surface area contributed by atoms with Crippen molar-refractivity contribution in [1.29, 1.82) is 0 Å². The molecule has 5 heteroatoms. The van der Waals surface area contributed by atoms with Crippen LogP contribution < -0.4 is 5.32 Å². The van der Waals surface area contributed by atoms with Gasteiger partial charge < -0.3 is 9.47 Å². The zero-order valence-electron chi connectivity index (χ0n) is 18.1. The quantitative estimate of drug-likeness (QED) is 0.744. The number of carbonyl (C=O) groups excluding carboxylic acids is 1. The summed E-state index contributed by atoms with van der Waals surface area (Å²) in [5, 5.41) is 3.52. The molecule has 0 bridgehead atoms. The number of nitrogens with zero attached hydrogens (tertiary/aromatic N) is 1. The van der Waals surface area contributed by atoms with Crippen molar-refractivity contribution in [2.45, 2.75) is 56.8 Å². The van der Waals surface area contributed by atoms with Crippen LogP contribution in [0.1, 0.15) is 43.2 Å². The first-order chi connectivity index (χ1) is 15.2. The molecule has 1 saturated carbocycles. The molecule has 2 aromatic rings. The summed E-state index contributed by atoms with van der Waals surface area (Å²) in [5.74, 6) is -0.0955. The number of ether oxygens (including phenoxy) is 2. The van der Waals surface area contributed by atoms with Gasteiger partial charge in [-0.15, -0.1) is 0 Å². The van der Waals surface area contributed by atoms with Gasteiger partial charge in [0.15, 0.2) is 5.72 Å². The molecule has 2 heterocycles. The van der Waals surface area contributed by atoms with E-state index in [-0.39, 0.29) is 12.0 Å². The predicted molar refractivity (Wildman–Crippen MR) is 121 cm³/mol. The molecule has 3 fully saturated rings. The Bertz CT molecular complexity index is 899. The van der Waals surface area contributed by atoms with Crippen molar-refractivity contribution in [3.05, 3.63) is 59.7 Å². The third-order valence-electron chi connectivity index (χ3n) is 6.90. The molecule has 0 aromatic heterocycles. The van der Waals surface area contributed by atoms with Gasteiger partial charge in [-0.2, -0.15) is 0 Å². The summed E-state index contributed by atoms with van der Waals surface area (Å²) < 4.78 is 11.3. The van der Waals surface area contributed by atoms with Gasteiger partial charge in [0.25, 0.3) is 0 Å². The van der Waals surface area contributed by atoms with Crippen LogP contribution in [0.3, 0.4) is 0 Å². The van der Waals surface area contributed by atoms with Crippen molar-refractivity contribution < 1.29 is 14.3 Å². The number of carbonyl (C=O) groups is 1. The Balaban J connectivity index is 1.27. The lowest BCUT2D eigenvalue weighted by atomic mass is 9.91. The van der Waals surface area contributed by atoms with Gasteiger partial charge in [0, 0.05) is 32.5 Å². The lowest BCUT2D eigenvalue weighted by molar-refractivity contribution is -0.152. The highest BCUT2D eigenvalue weighted by Crippen LogP contribution is 2.34. The van der Waals surface area contributed by atoms with E-state index in [4.69, 9.17) is 9.47 Å². The first-order valence-corrected chi connectivity index (χ1v) is 11.7. The molecule has 1 aliphatic carbocycles. The van der Waals surface area contributed by atoms with E-state index in [2.05, 4.69) is 58.7 Å². The topological polar surface area (TPSA) is 50.8 Å². The maximum Gasteiger partial charge on any atom is 0.325 e. The van der Waals surface area contributed by atoms with Gasteiger partial charge in [-0.25, -0.2) is 0 Å². The molecule has 0 amide bonds. The van der Waals surface area contributed by atoms with Gasteiger partial charge in [-0.3, -0.25) is 15.0 Å². The summed E-state index contributed by atoms with van der Waals surface area (Å²) in [4.78, 5) is 14.9. The van der Waals surface area contributed by atoms with Crippen molar-refractivity contribution in [2.75, 3.05) is 26.3 Å². The Morgan fingerprint density at radius 3 is 2.48 bits per heavy atom. The molecule has 1 atom stereocenters. The lowest BCUT2D eigenvalue weighted by Gasteiger charge is -2.31. The number of morpholine rings is 1. The molecule has 2 saturated heterocycles. The molecule has 0 radical (unpaired) electrons. The van der Waals surface area contributed by atoms with E-state index in [1.807, 2.05) is 0 Å². The predicted octanol–water partition coefficient (Wildman–Crippen LogP) is 3.90. The average molecular weight is 421 g/mol. The van der Waals surface area contributed by atoms with Crippen LogP contribution in [0.15, 0.2) is 48.5 Å². The van der Waals surface area contributed by atoms with Gasteiger partial charge in [-0.05, 0) is 41.5 Å². The summed E-state index contributed by atoms with van der Waals surface area (Å²) in [6.07, 6.45) is 6.05. The monoisotopic (exact) mass is 420 g/mol. The van der Waals surface area contributed by atoms with Crippen LogP contribution in [0.5, 0.6) is 0 Å². The van der Waals surface area contributed by atoms with E-state index < -0.39 is 5.72 Å². The normalized spacial score (nSPS) is 23.7. The van der Waals surface area contributed by atoms with Gasteiger partial charge in [0.2, 0.25) is 0 Å². The van der Waals surface area contributed by atoms with E-state index in [1.54, 1.807) is 0 Å². The molecule has 1 unspecified atom stereocenters. The third kappa shape index (κ3) is 4.69. The summed E-state index contributed by atoms with van der Waals surface area (Å²) in [6.45, 7) is 4.55. The molecule has 5 rings (SSSR count). The number of benzene rings is 2. The van der Waals surface area contributed by atoms with Crippen molar-refractivity contribution in [2.24, 2.45) is 0 Å².